The van der Waals surface area contributed by atoms with Gasteiger partial charge >= 0.3 is 0 Å². The topological polar surface area (TPSA) is 28.2 Å². The van der Waals surface area contributed by atoms with E-state index in [2.05, 4.69) is 38.3 Å². The summed E-state index contributed by atoms with van der Waals surface area (Å²) in [6.07, 6.45) is 15.8. The summed E-state index contributed by atoms with van der Waals surface area (Å²) in [7, 11) is 0. The maximum atomic E-state index is 4.45. The Labute approximate surface area is 186 Å². The molecular formula is C20H45FN2Nd-2. The second kappa shape index (κ2) is 35.3. The van der Waals surface area contributed by atoms with E-state index >= 15 is 0 Å². The summed E-state index contributed by atoms with van der Waals surface area (Å²) in [4.78, 5) is 0. The van der Waals surface area contributed by atoms with E-state index in [0.717, 1.165) is 26.2 Å². The van der Waals surface area contributed by atoms with Crippen molar-refractivity contribution in [2.45, 2.75) is 105 Å². The van der Waals surface area contributed by atoms with E-state index in [4.69, 9.17) is 0 Å². The molecule has 0 atom stereocenters. The molecule has 0 saturated heterocycles. The SMILES string of the molecule is CCCCC[N-]CCCCC.CCCCC[N-]CCCCC.F.[Nd]. The minimum Gasteiger partial charge on any atom is -0.662 e. The third-order valence-electron chi connectivity index (χ3n) is 3.68. The van der Waals surface area contributed by atoms with Crippen molar-refractivity contribution in [3.63, 3.8) is 0 Å². The molecule has 0 aromatic heterocycles. The first kappa shape index (κ1) is 32.8. The second-order valence-corrected chi connectivity index (χ2v) is 6.17. The van der Waals surface area contributed by atoms with Crippen LogP contribution in [0.2, 0.25) is 0 Å². The summed E-state index contributed by atoms with van der Waals surface area (Å²) in [5.74, 6) is 0. The maximum Gasteiger partial charge on any atom is 0 e. The van der Waals surface area contributed by atoms with E-state index in [-0.39, 0.29) is 45.5 Å². The summed E-state index contributed by atoms with van der Waals surface area (Å²) in [5.41, 5.74) is 0. The van der Waals surface area contributed by atoms with Crippen LogP contribution >= 0.6 is 0 Å². The quantitative estimate of drug-likeness (QED) is 0.205. The van der Waals surface area contributed by atoms with Crippen molar-refractivity contribution in [3.8, 4) is 0 Å². The Bertz CT molecular complexity index is 138. The molecule has 0 spiro atoms. The van der Waals surface area contributed by atoms with Crippen LogP contribution in [0.4, 0.5) is 4.70 Å². The zero-order valence-electron chi connectivity index (χ0n) is 17.1. The van der Waals surface area contributed by atoms with Gasteiger partial charge in [-0.05, 0) is 0 Å². The third-order valence-corrected chi connectivity index (χ3v) is 3.68. The minimum atomic E-state index is 0. The van der Waals surface area contributed by atoms with Crippen LogP contribution in [0.1, 0.15) is 105 Å². The molecule has 0 aromatic rings. The Morgan fingerprint density at radius 1 is 0.417 bits per heavy atom. The van der Waals surface area contributed by atoms with Gasteiger partial charge in [-0.2, -0.15) is 0 Å². The van der Waals surface area contributed by atoms with E-state index < -0.39 is 0 Å². The van der Waals surface area contributed by atoms with Gasteiger partial charge in [0.1, 0.15) is 0 Å². The number of halogens is 1. The predicted molar refractivity (Wildman–Crippen MR) is 107 cm³/mol. The van der Waals surface area contributed by atoms with Gasteiger partial charge in [0.25, 0.3) is 0 Å². The summed E-state index contributed by atoms with van der Waals surface area (Å²) in [6.45, 7) is 13.3. The van der Waals surface area contributed by atoms with Crippen LogP contribution < -0.4 is 0 Å². The van der Waals surface area contributed by atoms with Crippen molar-refractivity contribution in [1.82, 2.24) is 0 Å². The van der Waals surface area contributed by atoms with Crippen molar-refractivity contribution in [2.24, 2.45) is 0 Å². The third kappa shape index (κ3) is 38.6. The standard InChI is InChI=1S/2C10H22N.FH.Nd/c2*1-3-5-7-9-11-10-8-6-4-2;;/h2*3-10H2,1-2H3;1H;/q2*-1;;. The largest absolute Gasteiger partial charge is 0.662 e. The van der Waals surface area contributed by atoms with Crippen LogP contribution in [0.3, 0.4) is 0 Å². The van der Waals surface area contributed by atoms with Crippen LogP contribution in [-0.2, 0) is 0 Å². The average molecular weight is 477 g/mol. The number of unbranched alkanes of at least 4 members (excludes halogenated alkanes) is 8. The molecule has 24 heavy (non-hydrogen) atoms. The smallest absolute Gasteiger partial charge is 0 e. The summed E-state index contributed by atoms with van der Waals surface area (Å²) in [5, 5.41) is 8.89. The molecular weight excluding hydrogens is 431 g/mol. The van der Waals surface area contributed by atoms with Crippen LogP contribution in [-0.4, -0.2) is 26.2 Å². The van der Waals surface area contributed by atoms with Gasteiger partial charge in [0.05, 0.1) is 0 Å². The molecule has 0 amide bonds. The Morgan fingerprint density at radius 3 is 0.792 bits per heavy atom. The molecule has 0 unspecified atom stereocenters. The van der Waals surface area contributed by atoms with Crippen molar-refractivity contribution < 1.29 is 45.5 Å². The van der Waals surface area contributed by atoms with Gasteiger partial charge in [-0.1, -0.05) is 105 Å². The molecule has 0 radical (unpaired) electrons. The second-order valence-electron chi connectivity index (χ2n) is 6.17. The normalized spacial score (nSPS) is 9.50. The molecule has 0 rings (SSSR count). The molecule has 148 valence electrons. The van der Waals surface area contributed by atoms with Gasteiger partial charge in [-0.15, -0.1) is 26.2 Å². The molecule has 0 fully saturated rings. The fraction of sp³-hybridized carbons (Fsp3) is 1.00. The molecule has 0 aromatic carbocycles. The van der Waals surface area contributed by atoms with Crippen LogP contribution in [0.5, 0.6) is 0 Å². The number of hydrogen-bond donors (Lipinski definition) is 0. The van der Waals surface area contributed by atoms with Gasteiger partial charge < -0.3 is 10.6 Å². The van der Waals surface area contributed by atoms with Gasteiger partial charge in [-0.3, -0.25) is 4.70 Å². The average Bonchev–Trinajstić information content (AvgIpc) is 2.54. The van der Waals surface area contributed by atoms with E-state index in [1.807, 2.05) is 0 Å². The van der Waals surface area contributed by atoms with Gasteiger partial charge in [0.2, 0.25) is 0 Å². The molecule has 0 aliphatic carbocycles. The molecule has 0 bridgehead atoms. The van der Waals surface area contributed by atoms with Crippen LogP contribution in [0, 0.1) is 40.8 Å². The predicted octanol–water partition coefficient (Wildman–Crippen LogP) is 7.63. The number of hydrogen-bond acceptors (Lipinski definition) is 0. The van der Waals surface area contributed by atoms with Crippen molar-refractivity contribution in [3.05, 3.63) is 10.6 Å². The zero-order valence-corrected chi connectivity index (χ0v) is 20.3. The fourth-order valence-electron chi connectivity index (χ4n) is 2.12. The van der Waals surface area contributed by atoms with Crippen LogP contribution in [0.25, 0.3) is 10.6 Å². The first-order valence-electron chi connectivity index (χ1n) is 10.1. The van der Waals surface area contributed by atoms with E-state index in [1.165, 1.54) is 77.0 Å². The van der Waals surface area contributed by atoms with E-state index in [1.54, 1.807) is 0 Å². The molecule has 2 nitrogen and oxygen atoms in total. The summed E-state index contributed by atoms with van der Waals surface area (Å²) in [6, 6.07) is 0. The van der Waals surface area contributed by atoms with Crippen molar-refractivity contribution >= 4 is 0 Å². The Balaban J connectivity index is -0.000000154. The maximum absolute atomic E-state index is 4.45. The number of rotatable bonds is 16. The first-order valence-corrected chi connectivity index (χ1v) is 10.1. The monoisotopic (exact) mass is 474 g/mol. The van der Waals surface area contributed by atoms with Gasteiger partial charge in [-0.25, -0.2) is 0 Å². The minimum absolute atomic E-state index is 0. The van der Waals surface area contributed by atoms with Gasteiger partial charge in [0, 0.05) is 40.8 Å². The molecule has 0 aliphatic heterocycles. The Hall–Kier alpha value is 1.20. The molecule has 0 aliphatic rings. The number of nitrogens with zero attached hydrogens (tertiary/aromatic N) is 2. The zero-order chi connectivity index (χ0) is 16.7. The summed E-state index contributed by atoms with van der Waals surface area (Å²) >= 11 is 0. The molecule has 4 heteroatoms. The Morgan fingerprint density at radius 2 is 0.625 bits per heavy atom. The summed E-state index contributed by atoms with van der Waals surface area (Å²) < 4.78 is 0. The molecule has 0 heterocycles. The molecule has 0 N–H and O–H groups in total. The fourth-order valence-corrected chi connectivity index (χ4v) is 2.12. The molecule has 0 saturated carbocycles. The Kier molecular flexibility index (Phi) is 48.3. The van der Waals surface area contributed by atoms with Crippen molar-refractivity contribution in [1.29, 1.82) is 0 Å². The van der Waals surface area contributed by atoms with Crippen LogP contribution in [0.15, 0.2) is 0 Å². The van der Waals surface area contributed by atoms with Crippen molar-refractivity contribution in [2.75, 3.05) is 26.2 Å². The first-order chi connectivity index (χ1) is 10.8. The van der Waals surface area contributed by atoms with E-state index in [0.29, 0.717) is 0 Å². The van der Waals surface area contributed by atoms with Gasteiger partial charge in [0.15, 0.2) is 0 Å². The van der Waals surface area contributed by atoms with E-state index in [9.17, 15) is 0 Å².